The van der Waals surface area contributed by atoms with Crippen LogP contribution < -0.4 is 10.6 Å². The summed E-state index contributed by atoms with van der Waals surface area (Å²) < 4.78 is 5.41. The molecule has 2 heterocycles. The first kappa shape index (κ1) is 20.9. The van der Waals surface area contributed by atoms with Gasteiger partial charge in [-0.2, -0.15) is 0 Å². The number of hydrogen-bond donors (Lipinski definition) is 1. The Bertz CT molecular complexity index is 652. The van der Waals surface area contributed by atoms with Gasteiger partial charge < -0.3 is 15.4 Å². The molecule has 0 aliphatic carbocycles. The lowest BCUT2D eigenvalue weighted by atomic mass is 10.1. The number of aromatic nitrogens is 2. The molecule has 0 radical (unpaired) electrons. The largest absolute Gasteiger partial charge is 0.383 e. The molecule has 5 heteroatoms. The Kier molecular flexibility index (Phi) is 8.92. The van der Waals surface area contributed by atoms with Crippen LogP contribution in [0.15, 0.2) is 24.3 Å². The molecular weight excluding hydrogens is 312 g/mol. The number of nitrogens with two attached hydrogens (primary N) is 1. The Morgan fingerprint density at radius 3 is 2.24 bits per heavy atom. The molecule has 138 valence electrons. The van der Waals surface area contributed by atoms with Gasteiger partial charge in [0.1, 0.15) is 11.6 Å². The standard InChI is InChI=1S/C16H20N4O.2C2H6/c1-11-4-3-5-13(10-11)15-18-14(17)12(2)16(19-15)20-6-8-21-9-7-20;2*1-2/h3-5,10H,6-9H2,1-2H3,(H2,17,18,19);2*1-2H3. The van der Waals surface area contributed by atoms with Crippen LogP contribution in [0.4, 0.5) is 11.6 Å². The minimum absolute atomic E-state index is 0.544. The van der Waals surface area contributed by atoms with Gasteiger partial charge in [0.2, 0.25) is 0 Å². The number of ether oxygens (including phenoxy) is 1. The second-order valence-corrected chi connectivity index (χ2v) is 5.35. The van der Waals surface area contributed by atoms with Crippen molar-refractivity contribution in [2.75, 3.05) is 36.9 Å². The number of nitrogens with zero attached hydrogens (tertiary/aromatic N) is 3. The zero-order valence-electron chi connectivity index (χ0n) is 16.5. The second-order valence-electron chi connectivity index (χ2n) is 5.35. The Balaban J connectivity index is 0.000000730. The Morgan fingerprint density at radius 2 is 1.64 bits per heavy atom. The van der Waals surface area contributed by atoms with Crippen molar-refractivity contribution in [3.8, 4) is 11.4 Å². The van der Waals surface area contributed by atoms with Crippen molar-refractivity contribution in [2.24, 2.45) is 0 Å². The third-order valence-corrected chi connectivity index (χ3v) is 3.74. The molecule has 0 spiro atoms. The first-order valence-electron chi connectivity index (χ1n) is 9.19. The van der Waals surface area contributed by atoms with E-state index in [-0.39, 0.29) is 0 Å². The second kappa shape index (κ2) is 10.7. The van der Waals surface area contributed by atoms with E-state index in [1.54, 1.807) is 0 Å². The lowest BCUT2D eigenvalue weighted by Gasteiger charge is -2.29. The molecule has 5 nitrogen and oxygen atoms in total. The first-order valence-corrected chi connectivity index (χ1v) is 9.19. The highest BCUT2D eigenvalue weighted by Crippen LogP contribution is 2.26. The van der Waals surface area contributed by atoms with Gasteiger partial charge in [0.25, 0.3) is 0 Å². The summed E-state index contributed by atoms with van der Waals surface area (Å²) in [6.07, 6.45) is 0. The fourth-order valence-electron chi connectivity index (χ4n) is 2.52. The topological polar surface area (TPSA) is 64.3 Å². The van der Waals surface area contributed by atoms with Crippen LogP contribution in [0.1, 0.15) is 38.8 Å². The van der Waals surface area contributed by atoms with Gasteiger partial charge in [0.15, 0.2) is 5.82 Å². The van der Waals surface area contributed by atoms with Crippen LogP contribution in [-0.2, 0) is 4.74 Å². The van der Waals surface area contributed by atoms with Crippen molar-refractivity contribution >= 4 is 11.6 Å². The molecule has 1 fully saturated rings. The molecule has 0 saturated carbocycles. The van der Waals surface area contributed by atoms with Crippen molar-refractivity contribution in [1.29, 1.82) is 0 Å². The molecule has 1 aliphatic heterocycles. The van der Waals surface area contributed by atoms with Crippen LogP contribution in [0.25, 0.3) is 11.4 Å². The quantitative estimate of drug-likeness (QED) is 0.883. The summed E-state index contributed by atoms with van der Waals surface area (Å²) in [6, 6.07) is 8.16. The maximum atomic E-state index is 6.09. The summed E-state index contributed by atoms with van der Waals surface area (Å²) in [7, 11) is 0. The van der Waals surface area contributed by atoms with Crippen molar-refractivity contribution in [2.45, 2.75) is 41.5 Å². The number of rotatable bonds is 2. The van der Waals surface area contributed by atoms with Gasteiger partial charge in [-0.1, -0.05) is 51.5 Å². The van der Waals surface area contributed by atoms with Crippen molar-refractivity contribution in [3.05, 3.63) is 35.4 Å². The summed E-state index contributed by atoms with van der Waals surface area (Å²) in [4.78, 5) is 11.4. The van der Waals surface area contributed by atoms with E-state index < -0.39 is 0 Å². The zero-order chi connectivity index (χ0) is 18.8. The lowest BCUT2D eigenvalue weighted by Crippen LogP contribution is -2.37. The fourth-order valence-corrected chi connectivity index (χ4v) is 2.52. The fraction of sp³-hybridized carbons (Fsp3) is 0.500. The highest BCUT2D eigenvalue weighted by molar-refractivity contribution is 5.65. The minimum Gasteiger partial charge on any atom is -0.383 e. The van der Waals surface area contributed by atoms with Gasteiger partial charge in [0, 0.05) is 24.2 Å². The molecule has 3 rings (SSSR count). The van der Waals surface area contributed by atoms with E-state index in [9.17, 15) is 0 Å². The van der Waals surface area contributed by atoms with Crippen LogP contribution >= 0.6 is 0 Å². The third-order valence-electron chi connectivity index (χ3n) is 3.74. The first-order chi connectivity index (χ1) is 12.1. The van der Waals surface area contributed by atoms with Crippen LogP contribution in [0.2, 0.25) is 0 Å². The molecule has 0 unspecified atom stereocenters. The van der Waals surface area contributed by atoms with Gasteiger partial charge in [-0.25, -0.2) is 9.97 Å². The summed E-state index contributed by atoms with van der Waals surface area (Å²) >= 11 is 0. The van der Waals surface area contributed by atoms with Gasteiger partial charge >= 0.3 is 0 Å². The predicted octanol–water partition coefficient (Wildman–Crippen LogP) is 4.23. The maximum absolute atomic E-state index is 6.09. The van der Waals surface area contributed by atoms with E-state index in [0.717, 1.165) is 43.2 Å². The van der Waals surface area contributed by atoms with E-state index >= 15 is 0 Å². The molecule has 0 bridgehead atoms. The molecule has 1 aromatic heterocycles. The zero-order valence-corrected chi connectivity index (χ0v) is 16.5. The highest BCUT2D eigenvalue weighted by Gasteiger charge is 2.18. The molecule has 1 saturated heterocycles. The van der Waals surface area contributed by atoms with E-state index in [1.165, 1.54) is 5.56 Å². The van der Waals surface area contributed by atoms with Crippen LogP contribution in [-0.4, -0.2) is 36.3 Å². The molecule has 25 heavy (non-hydrogen) atoms. The SMILES string of the molecule is CC.CC.Cc1cccc(-c2nc(N)c(C)c(N3CCOCC3)n2)c1. The molecule has 0 amide bonds. The molecule has 1 aromatic carbocycles. The molecule has 0 atom stereocenters. The van der Waals surface area contributed by atoms with Gasteiger partial charge in [0.05, 0.1) is 13.2 Å². The van der Waals surface area contributed by atoms with E-state index in [1.807, 2.05) is 46.8 Å². The van der Waals surface area contributed by atoms with Gasteiger partial charge in [-0.05, 0) is 19.9 Å². The Hall–Kier alpha value is -2.14. The highest BCUT2D eigenvalue weighted by atomic mass is 16.5. The van der Waals surface area contributed by atoms with Gasteiger partial charge in [-0.15, -0.1) is 0 Å². The number of aryl methyl sites for hydroxylation is 1. The summed E-state index contributed by atoms with van der Waals surface area (Å²) in [5.74, 6) is 2.15. The van der Waals surface area contributed by atoms with Crippen molar-refractivity contribution < 1.29 is 4.74 Å². The summed E-state index contributed by atoms with van der Waals surface area (Å²) in [6.45, 7) is 15.2. The molecule has 1 aliphatic rings. The number of morpholine rings is 1. The average molecular weight is 345 g/mol. The van der Waals surface area contributed by atoms with Crippen molar-refractivity contribution in [3.63, 3.8) is 0 Å². The minimum atomic E-state index is 0.544. The van der Waals surface area contributed by atoms with Gasteiger partial charge in [-0.3, -0.25) is 0 Å². The number of benzene rings is 1. The third kappa shape index (κ3) is 5.43. The lowest BCUT2D eigenvalue weighted by molar-refractivity contribution is 0.122. The van der Waals surface area contributed by atoms with Crippen LogP contribution in [0, 0.1) is 13.8 Å². The summed E-state index contributed by atoms with van der Waals surface area (Å²) in [5.41, 5.74) is 9.21. The van der Waals surface area contributed by atoms with Crippen LogP contribution in [0.3, 0.4) is 0 Å². The average Bonchev–Trinajstić information content (AvgIpc) is 2.68. The maximum Gasteiger partial charge on any atom is 0.163 e. The summed E-state index contributed by atoms with van der Waals surface area (Å²) in [5, 5.41) is 0. The van der Waals surface area contributed by atoms with E-state index in [4.69, 9.17) is 15.5 Å². The van der Waals surface area contributed by atoms with E-state index in [0.29, 0.717) is 11.6 Å². The number of anilines is 2. The normalized spacial score (nSPS) is 13.3. The monoisotopic (exact) mass is 344 g/mol. The molecule has 2 N–H and O–H groups in total. The number of hydrogen-bond acceptors (Lipinski definition) is 5. The Morgan fingerprint density at radius 1 is 1.00 bits per heavy atom. The van der Waals surface area contributed by atoms with Crippen LogP contribution in [0.5, 0.6) is 0 Å². The molecule has 2 aromatic rings. The Labute approximate surface area is 152 Å². The smallest absolute Gasteiger partial charge is 0.163 e. The number of nitrogen functional groups attached to an aromatic ring is 1. The molecular formula is C20H32N4O. The van der Waals surface area contributed by atoms with Crippen molar-refractivity contribution in [1.82, 2.24) is 9.97 Å². The van der Waals surface area contributed by atoms with E-state index in [2.05, 4.69) is 28.9 Å². The predicted molar refractivity (Wildman–Crippen MR) is 107 cm³/mol.